The van der Waals surface area contributed by atoms with Crippen LogP contribution >= 0.6 is 11.8 Å². The Hall–Kier alpha value is -3.72. The number of methoxy groups -OCH3 is 3. The van der Waals surface area contributed by atoms with Crippen molar-refractivity contribution >= 4 is 34.5 Å². The van der Waals surface area contributed by atoms with Crippen LogP contribution < -0.4 is 14.8 Å². The van der Waals surface area contributed by atoms with Gasteiger partial charge in [-0.05, 0) is 30.0 Å². The number of benzene rings is 2. The van der Waals surface area contributed by atoms with E-state index in [9.17, 15) is 9.59 Å². The van der Waals surface area contributed by atoms with Crippen molar-refractivity contribution in [3.8, 4) is 11.5 Å². The maximum atomic E-state index is 13.0. The summed E-state index contributed by atoms with van der Waals surface area (Å²) in [6.45, 7) is 1.95. The molecule has 1 amide bonds. The molecule has 182 valence electrons. The number of para-hydroxylation sites is 1. The number of anilines is 1. The highest BCUT2D eigenvalue weighted by atomic mass is 32.2. The zero-order valence-electron chi connectivity index (χ0n) is 20.0. The average molecular weight is 494 g/mol. The summed E-state index contributed by atoms with van der Waals surface area (Å²) >= 11 is 1.43. The molecule has 0 radical (unpaired) electrons. The molecule has 4 rings (SSSR count). The minimum absolute atomic E-state index is 0.0881. The number of allylic oxidation sites excluding steroid dienone is 1. The Morgan fingerprint density at radius 3 is 2.60 bits per heavy atom. The number of carbonyl (C=O) groups is 2. The number of aliphatic imine (C=N–C) groups is 1. The van der Waals surface area contributed by atoms with Gasteiger partial charge in [-0.25, -0.2) is 9.79 Å². The normalized spacial score (nSPS) is 16.8. The summed E-state index contributed by atoms with van der Waals surface area (Å²) < 4.78 is 16.0. The Kier molecular flexibility index (Phi) is 7.45. The van der Waals surface area contributed by atoms with E-state index in [1.54, 1.807) is 26.4 Å². The highest BCUT2D eigenvalue weighted by molar-refractivity contribution is 8.16. The number of amidine groups is 1. The number of amides is 1. The van der Waals surface area contributed by atoms with Crippen LogP contribution in [-0.4, -0.2) is 43.3 Å². The van der Waals surface area contributed by atoms with Crippen LogP contribution in [-0.2, 0) is 14.3 Å². The molecule has 2 aromatic carbocycles. The monoisotopic (exact) mass is 493 g/mol. The van der Waals surface area contributed by atoms with Crippen molar-refractivity contribution in [3.63, 3.8) is 0 Å². The summed E-state index contributed by atoms with van der Waals surface area (Å²) in [6, 6.07) is 14.2. The van der Waals surface area contributed by atoms with Gasteiger partial charge in [-0.3, -0.25) is 4.79 Å². The summed E-state index contributed by atoms with van der Waals surface area (Å²) in [6.07, 6.45) is 0.643. The first-order valence-corrected chi connectivity index (χ1v) is 12.0. The maximum absolute atomic E-state index is 13.0. The van der Waals surface area contributed by atoms with Crippen molar-refractivity contribution in [3.05, 3.63) is 76.5 Å². The standard InChI is InChI=1S/C26H27N3O5S/c1-5-20-23(25(31)34-4)24(19-11-6-7-12-21(19)33-3)29-17(15-35-26(29)28-20)14-22(30)27-16-9-8-10-18(13-16)32-2/h6-13,15,24H,5,14H2,1-4H3,(H,27,30)/t24-/m1/s1. The Morgan fingerprint density at radius 2 is 1.89 bits per heavy atom. The number of fused-ring (bicyclic) bond motifs is 1. The molecule has 2 aromatic rings. The van der Waals surface area contributed by atoms with Crippen molar-refractivity contribution < 1.29 is 23.8 Å². The SMILES string of the molecule is CCC1=C(C(=O)OC)[C@@H](c2ccccc2OC)N2C(CC(=O)Nc3cccc(OC)c3)=CSC2=N1. The number of nitrogens with one attached hydrogen (secondary N) is 1. The van der Waals surface area contributed by atoms with Gasteiger partial charge in [0.2, 0.25) is 5.91 Å². The number of hydrogen-bond donors (Lipinski definition) is 1. The van der Waals surface area contributed by atoms with Crippen LogP contribution in [0, 0.1) is 0 Å². The van der Waals surface area contributed by atoms with Crippen LogP contribution in [0.5, 0.6) is 11.5 Å². The lowest BCUT2D eigenvalue weighted by Crippen LogP contribution is -2.37. The first-order chi connectivity index (χ1) is 17.0. The molecule has 35 heavy (non-hydrogen) atoms. The van der Waals surface area contributed by atoms with Crippen LogP contribution in [0.3, 0.4) is 0 Å². The summed E-state index contributed by atoms with van der Waals surface area (Å²) in [5.41, 5.74) is 3.24. The van der Waals surface area contributed by atoms with Crippen LogP contribution in [0.4, 0.5) is 5.69 Å². The number of ether oxygens (including phenoxy) is 3. The topological polar surface area (TPSA) is 89.5 Å². The third kappa shape index (κ3) is 4.90. The van der Waals surface area contributed by atoms with E-state index in [0.717, 1.165) is 11.3 Å². The van der Waals surface area contributed by atoms with Crippen molar-refractivity contribution in [2.45, 2.75) is 25.8 Å². The van der Waals surface area contributed by atoms with E-state index in [-0.39, 0.29) is 12.3 Å². The largest absolute Gasteiger partial charge is 0.497 e. The lowest BCUT2D eigenvalue weighted by molar-refractivity contribution is -0.136. The lowest BCUT2D eigenvalue weighted by Gasteiger charge is -2.37. The van der Waals surface area contributed by atoms with Crippen LogP contribution in [0.15, 0.2) is 75.9 Å². The molecule has 2 aliphatic heterocycles. The highest BCUT2D eigenvalue weighted by Gasteiger charge is 2.42. The molecule has 0 fully saturated rings. The van der Waals surface area contributed by atoms with E-state index in [2.05, 4.69) is 5.32 Å². The second-order valence-electron chi connectivity index (χ2n) is 7.80. The van der Waals surface area contributed by atoms with E-state index in [4.69, 9.17) is 19.2 Å². The van der Waals surface area contributed by atoms with Crippen LogP contribution in [0.25, 0.3) is 0 Å². The second kappa shape index (κ2) is 10.7. The molecule has 0 spiro atoms. The van der Waals surface area contributed by atoms with Crippen molar-refractivity contribution in [2.24, 2.45) is 4.99 Å². The molecule has 2 aliphatic rings. The Bertz CT molecular complexity index is 1240. The average Bonchev–Trinajstić information content (AvgIpc) is 3.28. The third-order valence-electron chi connectivity index (χ3n) is 5.76. The van der Waals surface area contributed by atoms with Gasteiger partial charge in [0.15, 0.2) is 5.17 Å². The summed E-state index contributed by atoms with van der Waals surface area (Å²) in [5, 5.41) is 5.52. The van der Waals surface area contributed by atoms with Gasteiger partial charge in [0, 0.05) is 23.0 Å². The number of carbonyl (C=O) groups excluding carboxylic acids is 2. The van der Waals surface area contributed by atoms with E-state index >= 15 is 0 Å². The zero-order chi connectivity index (χ0) is 24.9. The highest BCUT2D eigenvalue weighted by Crippen LogP contribution is 2.47. The fourth-order valence-electron chi connectivity index (χ4n) is 4.17. The molecule has 0 unspecified atom stereocenters. The number of hydrogen-bond acceptors (Lipinski definition) is 8. The molecule has 0 bridgehead atoms. The molecule has 0 saturated heterocycles. The summed E-state index contributed by atoms with van der Waals surface area (Å²) in [5.74, 6) is 0.625. The van der Waals surface area contributed by atoms with Crippen molar-refractivity contribution in [1.82, 2.24) is 4.90 Å². The minimum atomic E-state index is -0.549. The second-order valence-corrected chi connectivity index (χ2v) is 8.63. The number of thioether (sulfide) groups is 1. The Balaban J connectivity index is 1.70. The van der Waals surface area contributed by atoms with Gasteiger partial charge < -0.3 is 24.4 Å². The molecule has 2 heterocycles. The van der Waals surface area contributed by atoms with Gasteiger partial charge in [-0.2, -0.15) is 0 Å². The predicted molar refractivity (Wildman–Crippen MR) is 136 cm³/mol. The van der Waals surface area contributed by atoms with Crippen LogP contribution in [0.1, 0.15) is 31.4 Å². The van der Waals surface area contributed by atoms with Gasteiger partial charge in [-0.1, -0.05) is 43.0 Å². The molecular formula is C26H27N3O5S. The summed E-state index contributed by atoms with van der Waals surface area (Å²) in [7, 11) is 4.53. The van der Waals surface area contributed by atoms with Crippen molar-refractivity contribution in [1.29, 1.82) is 0 Å². The third-order valence-corrected chi connectivity index (χ3v) is 6.65. The van der Waals surface area contributed by atoms with Gasteiger partial charge in [0.25, 0.3) is 0 Å². The zero-order valence-corrected chi connectivity index (χ0v) is 20.8. The number of nitrogens with zero attached hydrogens (tertiary/aromatic N) is 2. The predicted octanol–water partition coefficient (Wildman–Crippen LogP) is 4.87. The number of rotatable bonds is 8. The Morgan fingerprint density at radius 1 is 1.09 bits per heavy atom. The molecule has 9 heteroatoms. The Labute approximate surface area is 208 Å². The quantitative estimate of drug-likeness (QED) is 0.525. The van der Waals surface area contributed by atoms with Gasteiger partial charge >= 0.3 is 5.97 Å². The first kappa shape index (κ1) is 24.4. The van der Waals surface area contributed by atoms with Gasteiger partial charge in [0.1, 0.15) is 11.5 Å². The molecule has 1 atom stereocenters. The van der Waals surface area contributed by atoms with Gasteiger partial charge in [0.05, 0.1) is 45.1 Å². The molecule has 1 N–H and O–H groups in total. The lowest BCUT2D eigenvalue weighted by atomic mass is 9.92. The summed E-state index contributed by atoms with van der Waals surface area (Å²) in [4.78, 5) is 32.7. The van der Waals surface area contributed by atoms with Gasteiger partial charge in [-0.15, -0.1) is 0 Å². The fraction of sp³-hybridized carbons (Fsp3) is 0.269. The van der Waals surface area contributed by atoms with E-state index in [1.807, 2.05) is 53.6 Å². The number of esters is 1. The minimum Gasteiger partial charge on any atom is -0.497 e. The van der Waals surface area contributed by atoms with Crippen molar-refractivity contribution in [2.75, 3.05) is 26.6 Å². The van der Waals surface area contributed by atoms with E-state index < -0.39 is 12.0 Å². The fourth-order valence-corrected chi connectivity index (χ4v) is 5.11. The molecule has 0 aromatic heterocycles. The van der Waals surface area contributed by atoms with E-state index in [1.165, 1.54) is 18.9 Å². The molecule has 0 aliphatic carbocycles. The molecular weight excluding hydrogens is 466 g/mol. The first-order valence-electron chi connectivity index (χ1n) is 11.1. The molecule has 0 saturated carbocycles. The van der Waals surface area contributed by atoms with Crippen LogP contribution in [0.2, 0.25) is 0 Å². The molecule has 8 nitrogen and oxygen atoms in total. The maximum Gasteiger partial charge on any atom is 0.338 e. The van der Waals surface area contributed by atoms with E-state index in [0.29, 0.717) is 40.0 Å². The smallest absolute Gasteiger partial charge is 0.338 e.